The highest BCUT2D eigenvalue weighted by molar-refractivity contribution is 5.76. The van der Waals surface area contributed by atoms with Crippen LogP contribution < -0.4 is 5.73 Å². The van der Waals surface area contributed by atoms with Crippen molar-refractivity contribution in [2.45, 2.75) is 64.0 Å². The van der Waals surface area contributed by atoms with E-state index in [0.29, 0.717) is 24.2 Å². The van der Waals surface area contributed by atoms with Crippen LogP contribution in [0.5, 0.6) is 0 Å². The lowest BCUT2D eigenvalue weighted by Crippen LogP contribution is -2.40. The van der Waals surface area contributed by atoms with E-state index in [0.717, 1.165) is 45.3 Å². The summed E-state index contributed by atoms with van der Waals surface area (Å²) >= 11 is 0. The first-order chi connectivity index (χ1) is 10.7. The van der Waals surface area contributed by atoms with Crippen molar-refractivity contribution in [2.24, 2.45) is 11.7 Å². The maximum atomic E-state index is 12.4. The van der Waals surface area contributed by atoms with Gasteiger partial charge in [0.2, 0.25) is 5.91 Å². The van der Waals surface area contributed by atoms with Gasteiger partial charge in [-0.1, -0.05) is 6.42 Å². The predicted octanol–water partition coefficient (Wildman–Crippen LogP) is 2.13. The Morgan fingerprint density at radius 3 is 2.68 bits per heavy atom. The van der Waals surface area contributed by atoms with Crippen molar-refractivity contribution in [1.29, 1.82) is 0 Å². The normalized spacial score (nSPS) is 26.5. The molecular formula is C17H28N4O. The minimum atomic E-state index is 0.237. The Labute approximate surface area is 132 Å². The molecule has 0 unspecified atom stereocenters. The Bertz CT molecular complexity index is 505. The van der Waals surface area contributed by atoms with Gasteiger partial charge in [0.15, 0.2) is 0 Å². The number of likely N-dealkylation sites (tertiary alicyclic amines) is 1. The number of nitrogens with two attached hydrogens (primary N) is 1. The smallest absolute Gasteiger partial charge is 0.222 e. The van der Waals surface area contributed by atoms with E-state index < -0.39 is 0 Å². The van der Waals surface area contributed by atoms with Gasteiger partial charge in [0, 0.05) is 38.3 Å². The molecule has 1 amide bonds. The number of amides is 1. The number of rotatable bonds is 4. The molecule has 2 atom stereocenters. The van der Waals surface area contributed by atoms with Gasteiger partial charge in [-0.25, -0.2) is 0 Å². The molecule has 1 saturated carbocycles. The molecule has 122 valence electrons. The van der Waals surface area contributed by atoms with Crippen LogP contribution in [-0.4, -0.2) is 39.7 Å². The molecule has 1 saturated heterocycles. The molecule has 22 heavy (non-hydrogen) atoms. The number of piperidine rings is 1. The molecular weight excluding hydrogens is 276 g/mol. The standard InChI is InChI=1S/C17H28N4O/c1-2-21-12-15(11-19-21)13-6-8-20(9-7-13)17(22)10-14-4-3-5-16(14)18/h11-14,16H,2-10,18H2,1H3/t14-,16+/m0/s1. The Hall–Kier alpha value is -1.36. The van der Waals surface area contributed by atoms with Crippen LogP contribution >= 0.6 is 0 Å². The number of carbonyl (C=O) groups is 1. The maximum absolute atomic E-state index is 12.4. The third kappa shape index (κ3) is 3.35. The number of carbonyl (C=O) groups excluding carboxylic acids is 1. The quantitative estimate of drug-likeness (QED) is 0.927. The zero-order valence-corrected chi connectivity index (χ0v) is 13.6. The topological polar surface area (TPSA) is 64.2 Å². The van der Waals surface area contributed by atoms with Gasteiger partial charge >= 0.3 is 0 Å². The van der Waals surface area contributed by atoms with E-state index in [1.165, 1.54) is 12.0 Å². The van der Waals surface area contributed by atoms with E-state index in [4.69, 9.17) is 5.73 Å². The Kier molecular flexibility index (Phi) is 4.81. The number of aromatic nitrogens is 2. The Balaban J connectivity index is 1.49. The third-order valence-corrected chi connectivity index (χ3v) is 5.45. The number of hydrogen-bond donors (Lipinski definition) is 1. The summed E-state index contributed by atoms with van der Waals surface area (Å²) < 4.78 is 1.98. The van der Waals surface area contributed by atoms with E-state index in [2.05, 4.69) is 18.2 Å². The second-order valence-electron chi connectivity index (χ2n) is 6.84. The van der Waals surface area contributed by atoms with Gasteiger partial charge in [-0.15, -0.1) is 0 Å². The first-order valence-electron chi connectivity index (χ1n) is 8.73. The van der Waals surface area contributed by atoms with Gasteiger partial charge in [0.1, 0.15) is 0 Å². The zero-order chi connectivity index (χ0) is 15.5. The molecule has 0 aromatic carbocycles. The van der Waals surface area contributed by atoms with Crippen LogP contribution in [0.15, 0.2) is 12.4 Å². The molecule has 3 rings (SSSR count). The lowest BCUT2D eigenvalue weighted by atomic mass is 9.91. The van der Waals surface area contributed by atoms with Gasteiger partial charge in [0.05, 0.1) is 6.20 Å². The van der Waals surface area contributed by atoms with Crippen LogP contribution in [0.3, 0.4) is 0 Å². The Morgan fingerprint density at radius 2 is 2.09 bits per heavy atom. The average molecular weight is 304 g/mol. The molecule has 2 N–H and O–H groups in total. The van der Waals surface area contributed by atoms with Crippen molar-refractivity contribution in [1.82, 2.24) is 14.7 Å². The van der Waals surface area contributed by atoms with Crippen LogP contribution in [0.4, 0.5) is 0 Å². The van der Waals surface area contributed by atoms with Gasteiger partial charge in [-0.2, -0.15) is 5.10 Å². The van der Waals surface area contributed by atoms with Crippen molar-refractivity contribution in [2.75, 3.05) is 13.1 Å². The molecule has 0 bridgehead atoms. The average Bonchev–Trinajstić information content (AvgIpc) is 3.17. The van der Waals surface area contributed by atoms with Crippen molar-refractivity contribution >= 4 is 5.91 Å². The molecule has 1 aromatic heterocycles. The van der Waals surface area contributed by atoms with Crippen LogP contribution in [-0.2, 0) is 11.3 Å². The van der Waals surface area contributed by atoms with Crippen LogP contribution in [0.25, 0.3) is 0 Å². The first-order valence-corrected chi connectivity index (χ1v) is 8.73. The van der Waals surface area contributed by atoms with Crippen LogP contribution in [0.2, 0.25) is 0 Å². The van der Waals surface area contributed by atoms with Gasteiger partial charge in [-0.05, 0) is 50.0 Å². The van der Waals surface area contributed by atoms with Crippen LogP contribution in [0.1, 0.15) is 56.9 Å². The SMILES string of the molecule is CCn1cc(C2CCN(C(=O)C[C@@H]3CCC[C@H]3N)CC2)cn1. The lowest BCUT2D eigenvalue weighted by molar-refractivity contribution is -0.133. The van der Waals surface area contributed by atoms with E-state index in [-0.39, 0.29) is 6.04 Å². The van der Waals surface area contributed by atoms with Gasteiger partial charge < -0.3 is 10.6 Å². The number of nitrogens with zero attached hydrogens (tertiary/aromatic N) is 3. The molecule has 1 aromatic rings. The highest BCUT2D eigenvalue weighted by Crippen LogP contribution is 2.30. The second-order valence-corrected chi connectivity index (χ2v) is 6.84. The fourth-order valence-electron chi connectivity index (χ4n) is 3.90. The minimum Gasteiger partial charge on any atom is -0.343 e. The summed E-state index contributed by atoms with van der Waals surface area (Å²) in [6.45, 7) is 4.77. The summed E-state index contributed by atoms with van der Waals surface area (Å²) in [5.74, 6) is 1.27. The molecule has 0 spiro atoms. The highest BCUT2D eigenvalue weighted by atomic mass is 16.2. The predicted molar refractivity (Wildman–Crippen MR) is 86.4 cm³/mol. The largest absolute Gasteiger partial charge is 0.343 e. The lowest BCUT2D eigenvalue weighted by Gasteiger charge is -2.32. The summed E-state index contributed by atoms with van der Waals surface area (Å²) in [6, 6.07) is 0.237. The van der Waals surface area contributed by atoms with Crippen molar-refractivity contribution < 1.29 is 4.79 Å². The van der Waals surface area contributed by atoms with Crippen molar-refractivity contribution in [3.05, 3.63) is 18.0 Å². The number of hydrogen-bond acceptors (Lipinski definition) is 3. The Morgan fingerprint density at radius 1 is 1.32 bits per heavy atom. The summed E-state index contributed by atoms with van der Waals surface area (Å²) in [4.78, 5) is 14.5. The number of aryl methyl sites for hydroxylation is 1. The highest BCUT2D eigenvalue weighted by Gasteiger charge is 2.30. The maximum Gasteiger partial charge on any atom is 0.222 e. The molecule has 1 aliphatic carbocycles. The minimum absolute atomic E-state index is 0.237. The summed E-state index contributed by atoms with van der Waals surface area (Å²) in [7, 11) is 0. The third-order valence-electron chi connectivity index (χ3n) is 5.45. The second kappa shape index (κ2) is 6.82. The molecule has 2 aliphatic rings. The molecule has 0 radical (unpaired) electrons. The molecule has 5 nitrogen and oxygen atoms in total. The fraction of sp³-hybridized carbons (Fsp3) is 0.765. The van der Waals surface area contributed by atoms with Crippen molar-refractivity contribution in [3.63, 3.8) is 0 Å². The molecule has 2 heterocycles. The monoisotopic (exact) mass is 304 g/mol. The molecule has 1 aliphatic heterocycles. The van der Waals surface area contributed by atoms with Gasteiger partial charge in [0.25, 0.3) is 0 Å². The molecule has 2 fully saturated rings. The van der Waals surface area contributed by atoms with Crippen molar-refractivity contribution in [3.8, 4) is 0 Å². The van der Waals surface area contributed by atoms with E-state index in [9.17, 15) is 4.79 Å². The summed E-state index contributed by atoms with van der Waals surface area (Å²) in [5.41, 5.74) is 7.42. The summed E-state index contributed by atoms with van der Waals surface area (Å²) in [6.07, 6.45) is 10.3. The zero-order valence-electron chi connectivity index (χ0n) is 13.6. The van der Waals surface area contributed by atoms with E-state index in [1.54, 1.807) is 0 Å². The molecule has 5 heteroatoms. The fourth-order valence-corrected chi connectivity index (χ4v) is 3.90. The van der Waals surface area contributed by atoms with Gasteiger partial charge in [-0.3, -0.25) is 9.48 Å². The first kappa shape index (κ1) is 15.5. The van der Waals surface area contributed by atoms with Crippen LogP contribution in [0, 0.1) is 5.92 Å². The summed E-state index contributed by atoms with van der Waals surface area (Å²) in [5, 5.41) is 4.36. The van der Waals surface area contributed by atoms with E-state index >= 15 is 0 Å². The van der Waals surface area contributed by atoms with E-state index in [1.807, 2.05) is 15.8 Å².